The van der Waals surface area contributed by atoms with Crippen molar-refractivity contribution in [3.63, 3.8) is 0 Å². The van der Waals surface area contributed by atoms with Gasteiger partial charge in [-0.15, -0.1) is 11.3 Å². The van der Waals surface area contributed by atoms with Crippen LogP contribution in [0, 0.1) is 13.8 Å². The molecule has 3 heterocycles. The molecule has 0 aliphatic heterocycles. The average Bonchev–Trinajstić information content (AvgIpc) is 3.36. The first-order valence-electron chi connectivity index (χ1n) is 9.53. The average molecular weight is 426 g/mol. The lowest BCUT2D eigenvalue weighted by atomic mass is 10.0. The van der Waals surface area contributed by atoms with Gasteiger partial charge in [0.25, 0.3) is 5.91 Å². The van der Waals surface area contributed by atoms with Crippen LogP contribution in [0.1, 0.15) is 54.3 Å². The number of hydrogen-bond acceptors (Lipinski definition) is 6. The zero-order chi connectivity index (χ0) is 21.7. The second-order valence-electron chi connectivity index (χ2n) is 6.76. The molecule has 0 spiro atoms. The Morgan fingerprint density at radius 3 is 2.53 bits per heavy atom. The van der Waals surface area contributed by atoms with Crippen molar-refractivity contribution in [2.24, 2.45) is 0 Å². The minimum Gasteiger partial charge on any atom is -0.461 e. The standard InChI is InChI=1S/C22H23N3O4S/c1-4-29-22(28)20-14(2)19(15(3)24-20)17(26)13-25(12-16-7-9-23-10-8-16)21(27)18-6-5-11-30-18/h5-11,24H,4,12-13H2,1-3H3. The van der Waals surface area contributed by atoms with Crippen LogP contribution in [0.15, 0.2) is 42.0 Å². The highest BCUT2D eigenvalue weighted by molar-refractivity contribution is 7.12. The molecular weight excluding hydrogens is 402 g/mol. The van der Waals surface area contributed by atoms with Crippen LogP contribution in [-0.2, 0) is 11.3 Å². The lowest BCUT2D eigenvalue weighted by Gasteiger charge is -2.22. The maximum atomic E-state index is 13.2. The number of carbonyl (C=O) groups excluding carboxylic acids is 3. The monoisotopic (exact) mass is 425 g/mol. The number of rotatable bonds is 8. The fourth-order valence-corrected chi connectivity index (χ4v) is 3.98. The lowest BCUT2D eigenvalue weighted by Crippen LogP contribution is -2.35. The number of thiophene rings is 1. The Bertz CT molecular complexity index is 1040. The fraction of sp³-hybridized carbons (Fsp3) is 0.273. The molecule has 0 saturated heterocycles. The van der Waals surface area contributed by atoms with Crippen molar-refractivity contribution < 1.29 is 19.1 Å². The third-order valence-electron chi connectivity index (χ3n) is 4.67. The number of aromatic amines is 1. The SMILES string of the molecule is CCOC(=O)c1[nH]c(C)c(C(=O)CN(Cc2ccncc2)C(=O)c2cccs2)c1C. The van der Waals surface area contributed by atoms with Crippen LogP contribution in [0.2, 0.25) is 0 Å². The van der Waals surface area contributed by atoms with Crippen molar-refractivity contribution in [1.29, 1.82) is 0 Å². The second-order valence-corrected chi connectivity index (χ2v) is 7.71. The number of H-pyrrole nitrogens is 1. The lowest BCUT2D eigenvalue weighted by molar-refractivity contribution is 0.0519. The molecule has 30 heavy (non-hydrogen) atoms. The third kappa shape index (κ3) is 4.65. The molecule has 156 valence electrons. The van der Waals surface area contributed by atoms with E-state index in [2.05, 4.69) is 9.97 Å². The van der Waals surface area contributed by atoms with E-state index in [9.17, 15) is 14.4 Å². The Balaban J connectivity index is 1.88. The number of esters is 1. The van der Waals surface area contributed by atoms with Gasteiger partial charge in [-0.05, 0) is 55.5 Å². The predicted octanol–water partition coefficient (Wildman–Crippen LogP) is 3.79. The minimum atomic E-state index is -0.500. The largest absolute Gasteiger partial charge is 0.461 e. The highest BCUT2D eigenvalue weighted by atomic mass is 32.1. The van der Waals surface area contributed by atoms with E-state index in [1.165, 1.54) is 16.2 Å². The van der Waals surface area contributed by atoms with E-state index in [-0.39, 0.29) is 37.1 Å². The number of amides is 1. The van der Waals surface area contributed by atoms with Crippen LogP contribution >= 0.6 is 11.3 Å². The summed E-state index contributed by atoms with van der Waals surface area (Å²) < 4.78 is 5.05. The van der Waals surface area contributed by atoms with Crippen LogP contribution in [0.25, 0.3) is 0 Å². The van der Waals surface area contributed by atoms with E-state index in [1.54, 1.807) is 45.3 Å². The molecule has 0 aliphatic rings. The summed E-state index contributed by atoms with van der Waals surface area (Å²) in [6.45, 7) is 5.57. The predicted molar refractivity (Wildman–Crippen MR) is 114 cm³/mol. The summed E-state index contributed by atoms with van der Waals surface area (Å²) in [5.41, 5.74) is 2.66. The van der Waals surface area contributed by atoms with Gasteiger partial charge in [-0.2, -0.15) is 0 Å². The maximum Gasteiger partial charge on any atom is 0.355 e. The van der Waals surface area contributed by atoms with Crippen molar-refractivity contribution in [2.75, 3.05) is 13.2 Å². The Morgan fingerprint density at radius 2 is 1.90 bits per heavy atom. The number of pyridine rings is 1. The van der Waals surface area contributed by atoms with Gasteiger partial charge in [0, 0.05) is 30.2 Å². The number of ketones is 1. The normalized spacial score (nSPS) is 10.6. The summed E-state index contributed by atoms with van der Waals surface area (Å²) in [5.74, 6) is -0.956. The molecule has 3 aromatic rings. The van der Waals surface area contributed by atoms with Crippen molar-refractivity contribution in [3.8, 4) is 0 Å². The highest BCUT2D eigenvalue weighted by Crippen LogP contribution is 2.21. The van der Waals surface area contributed by atoms with E-state index < -0.39 is 5.97 Å². The van der Waals surface area contributed by atoms with Gasteiger partial charge in [-0.1, -0.05) is 6.07 Å². The van der Waals surface area contributed by atoms with Gasteiger partial charge in [-0.25, -0.2) is 4.79 Å². The number of nitrogens with one attached hydrogen (secondary N) is 1. The summed E-state index contributed by atoms with van der Waals surface area (Å²) in [6.07, 6.45) is 3.30. The highest BCUT2D eigenvalue weighted by Gasteiger charge is 2.26. The smallest absolute Gasteiger partial charge is 0.355 e. The van der Waals surface area contributed by atoms with Crippen LogP contribution in [0.3, 0.4) is 0 Å². The molecule has 0 radical (unpaired) electrons. The molecule has 0 bridgehead atoms. The van der Waals surface area contributed by atoms with Crippen molar-refractivity contribution in [3.05, 3.63) is 75.0 Å². The van der Waals surface area contributed by atoms with Gasteiger partial charge >= 0.3 is 5.97 Å². The first-order chi connectivity index (χ1) is 14.4. The van der Waals surface area contributed by atoms with Crippen LogP contribution in [0.4, 0.5) is 0 Å². The summed E-state index contributed by atoms with van der Waals surface area (Å²) in [6, 6.07) is 7.16. The topological polar surface area (TPSA) is 92.4 Å². The summed E-state index contributed by atoms with van der Waals surface area (Å²) in [4.78, 5) is 47.4. The van der Waals surface area contributed by atoms with Crippen LogP contribution in [-0.4, -0.2) is 45.7 Å². The quantitative estimate of drug-likeness (QED) is 0.438. The molecule has 0 aromatic carbocycles. The number of hydrogen-bond donors (Lipinski definition) is 1. The van der Waals surface area contributed by atoms with Crippen molar-refractivity contribution >= 4 is 29.0 Å². The van der Waals surface area contributed by atoms with Gasteiger partial charge in [-0.3, -0.25) is 14.6 Å². The van der Waals surface area contributed by atoms with Gasteiger partial charge in [0.2, 0.25) is 0 Å². The molecule has 7 nitrogen and oxygen atoms in total. The molecule has 8 heteroatoms. The van der Waals surface area contributed by atoms with Gasteiger partial charge in [0.15, 0.2) is 5.78 Å². The molecule has 0 atom stereocenters. The summed E-state index contributed by atoms with van der Waals surface area (Å²) in [5, 5.41) is 1.83. The number of nitrogens with zero attached hydrogens (tertiary/aromatic N) is 2. The molecular formula is C22H23N3O4S. The Labute approximate surface area is 178 Å². The number of Topliss-reactive ketones (excluding diaryl/α,β-unsaturated/α-hetero) is 1. The summed E-state index contributed by atoms with van der Waals surface area (Å²) in [7, 11) is 0. The first kappa shape index (κ1) is 21.4. The molecule has 0 fully saturated rings. The van der Waals surface area contributed by atoms with Crippen molar-refractivity contribution in [2.45, 2.75) is 27.3 Å². The number of ether oxygens (including phenoxy) is 1. The molecule has 1 N–H and O–H groups in total. The van der Waals surface area contributed by atoms with E-state index in [0.29, 0.717) is 21.7 Å². The molecule has 3 aromatic heterocycles. The van der Waals surface area contributed by atoms with Crippen LogP contribution in [0.5, 0.6) is 0 Å². The molecule has 0 aliphatic carbocycles. The molecule has 1 amide bonds. The third-order valence-corrected chi connectivity index (χ3v) is 5.53. The zero-order valence-corrected chi connectivity index (χ0v) is 17.9. The van der Waals surface area contributed by atoms with E-state index in [4.69, 9.17) is 4.74 Å². The van der Waals surface area contributed by atoms with Crippen LogP contribution < -0.4 is 0 Å². The zero-order valence-electron chi connectivity index (χ0n) is 17.1. The Morgan fingerprint density at radius 1 is 1.17 bits per heavy atom. The number of carbonyl (C=O) groups is 3. The van der Waals surface area contributed by atoms with Gasteiger partial charge in [0.1, 0.15) is 5.69 Å². The molecule has 3 rings (SSSR count). The van der Waals surface area contributed by atoms with E-state index in [1.807, 2.05) is 17.5 Å². The number of aryl methyl sites for hydroxylation is 1. The van der Waals surface area contributed by atoms with Gasteiger partial charge in [0.05, 0.1) is 18.0 Å². The fourth-order valence-electron chi connectivity index (χ4n) is 3.29. The van der Waals surface area contributed by atoms with E-state index >= 15 is 0 Å². The molecule has 0 unspecified atom stereocenters. The van der Waals surface area contributed by atoms with E-state index in [0.717, 1.165) is 5.56 Å². The maximum absolute atomic E-state index is 13.2. The summed E-state index contributed by atoms with van der Waals surface area (Å²) >= 11 is 1.33. The first-order valence-corrected chi connectivity index (χ1v) is 10.4. The second kappa shape index (κ2) is 9.49. The van der Waals surface area contributed by atoms with Gasteiger partial charge < -0.3 is 14.6 Å². The minimum absolute atomic E-state index is 0.110. The molecule has 0 saturated carbocycles. The Kier molecular flexibility index (Phi) is 6.79. The number of aromatic nitrogens is 2. The van der Waals surface area contributed by atoms with Crippen molar-refractivity contribution in [1.82, 2.24) is 14.9 Å². The Hall–Kier alpha value is -3.26.